The number of benzene rings is 3. The number of nitrogens with two attached hydrogens (primary N) is 2. The summed E-state index contributed by atoms with van der Waals surface area (Å²) in [7, 11) is 0. The number of esters is 1. The van der Waals surface area contributed by atoms with Crippen molar-refractivity contribution in [2.24, 2.45) is 16.5 Å². The first-order valence-corrected chi connectivity index (χ1v) is 14.3. The van der Waals surface area contributed by atoms with Crippen molar-refractivity contribution in [1.29, 1.82) is 0 Å². The molecule has 3 aromatic rings. The Bertz CT molecular complexity index is 1700. The third-order valence-electron chi connectivity index (χ3n) is 6.92. The summed E-state index contributed by atoms with van der Waals surface area (Å²) in [6.45, 7) is -1.73. The number of para-hydroxylation sites is 1. The zero-order chi connectivity index (χ0) is 34.1. The minimum atomic E-state index is -1.28. The molecular weight excluding hydrogens is 614 g/mol. The molecule has 0 aromatic heterocycles. The normalized spacial score (nSPS) is 12.5. The second-order valence-corrected chi connectivity index (χ2v) is 10.7. The minimum Gasteiger partial charge on any atom is -0.489 e. The minimum absolute atomic E-state index is 0.0105. The first-order valence-electron chi connectivity index (χ1n) is 14.3. The quantitative estimate of drug-likeness (QED) is 0.0818. The van der Waals surface area contributed by atoms with Crippen LogP contribution in [0, 0.1) is 0 Å². The Labute approximate surface area is 268 Å². The monoisotopic (exact) mass is 647 g/mol. The molecule has 0 spiro atoms. The molecule has 4 rings (SSSR count). The van der Waals surface area contributed by atoms with Crippen LogP contribution in [0.3, 0.4) is 0 Å². The molecule has 1 heterocycles. The number of carbonyl (C=O) groups excluding carboxylic acids is 2. The van der Waals surface area contributed by atoms with Crippen molar-refractivity contribution in [3.8, 4) is 11.5 Å². The van der Waals surface area contributed by atoms with Gasteiger partial charge in [0.15, 0.2) is 17.5 Å². The van der Waals surface area contributed by atoms with Gasteiger partial charge >= 0.3 is 23.9 Å². The smallest absolute Gasteiger partial charge is 0.343 e. The topological polar surface area (TPSA) is 235 Å². The van der Waals surface area contributed by atoms with Gasteiger partial charge in [0.05, 0.1) is 36.5 Å². The fraction of sp³-hybridized carbons (Fsp3) is 0.250. The summed E-state index contributed by atoms with van der Waals surface area (Å²) >= 11 is 0. The van der Waals surface area contributed by atoms with E-state index in [1.807, 2.05) is 0 Å². The molecule has 15 nitrogen and oxygen atoms in total. The largest absolute Gasteiger partial charge is 0.489 e. The molecule has 7 N–H and O–H groups in total. The van der Waals surface area contributed by atoms with Crippen LogP contribution in [0.25, 0.3) is 0 Å². The molecule has 15 heteroatoms. The first kappa shape index (κ1) is 33.9. The van der Waals surface area contributed by atoms with Crippen LogP contribution >= 0.6 is 0 Å². The number of aliphatic carboxylic acids is 3. The highest BCUT2D eigenvalue weighted by Crippen LogP contribution is 2.35. The summed E-state index contributed by atoms with van der Waals surface area (Å²) in [6.07, 6.45) is 0.849. The van der Waals surface area contributed by atoms with Crippen LogP contribution in [-0.4, -0.2) is 87.1 Å². The van der Waals surface area contributed by atoms with Gasteiger partial charge in [-0.2, -0.15) is 0 Å². The first-order chi connectivity index (χ1) is 22.4. The van der Waals surface area contributed by atoms with Gasteiger partial charge in [0.1, 0.15) is 6.54 Å². The summed E-state index contributed by atoms with van der Waals surface area (Å²) < 4.78 is 11.6. The molecule has 3 aromatic carbocycles. The molecule has 246 valence electrons. The van der Waals surface area contributed by atoms with Crippen molar-refractivity contribution in [3.05, 3.63) is 88.5 Å². The summed E-state index contributed by atoms with van der Waals surface area (Å²) in [5, 5.41) is 28.0. The number of hydrogen-bond acceptors (Lipinski definition) is 9. The number of carboxylic acids is 3. The van der Waals surface area contributed by atoms with E-state index in [4.69, 9.17) is 31.2 Å². The number of hydrogen-bond donors (Lipinski definition) is 5. The van der Waals surface area contributed by atoms with Crippen LogP contribution in [0.5, 0.6) is 11.5 Å². The molecule has 0 radical (unpaired) electrons. The third kappa shape index (κ3) is 9.51. The number of nitrogens with zero attached hydrogens (tertiary/aromatic N) is 3. The van der Waals surface area contributed by atoms with Gasteiger partial charge in [-0.3, -0.25) is 24.1 Å². The summed E-state index contributed by atoms with van der Waals surface area (Å²) in [5.74, 6) is -5.26. The zero-order valence-corrected chi connectivity index (χ0v) is 25.1. The fourth-order valence-electron chi connectivity index (χ4n) is 5.10. The molecule has 1 aliphatic heterocycles. The second kappa shape index (κ2) is 15.4. The van der Waals surface area contributed by atoms with Gasteiger partial charge in [0, 0.05) is 13.1 Å². The molecule has 0 saturated heterocycles. The number of guanidine groups is 1. The van der Waals surface area contributed by atoms with E-state index >= 15 is 0 Å². The SMILES string of the molecule is NC(N)=Nc1ccc2c(c1)CCCOc1c(cccc1C(=O)N(CC(=O)O)Cc1cccc(CN(CC(=O)O)CC(=O)O)c1)OC2=O. The van der Waals surface area contributed by atoms with Crippen LogP contribution < -0.4 is 20.9 Å². The van der Waals surface area contributed by atoms with E-state index in [-0.39, 0.29) is 48.3 Å². The Morgan fingerprint density at radius 2 is 1.49 bits per heavy atom. The lowest BCUT2D eigenvalue weighted by molar-refractivity contribution is -0.142. The summed E-state index contributed by atoms with van der Waals surface area (Å²) in [5.41, 5.74) is 13.4. The Kier molecular flexibility index (Phi) is 11.1. The van der Waals surface area contributed by atoms with Gasteiger partial charge in [-0.15, -0.1) is 0 Å². The second-order valence-electron chi connectivity index (χ2n) is 10.7. The predicted molar refractivity (Wildman–Crippen MR) is 166 cm³/mol. The van der Waals surface area contributed by atoms with E-state index in [1.54, 1.807) is 42.5 Å². The van der Waals surface area contributed by atoms with Crippen LogP contribution in [0.4, 0.5) is 5.69 Å². The van der Waals surface area contributed by atoms with Crippen LogP contribution in [0.1, 0.15) is 43.8 Å². The molecule has 1 amide bonds. The van der Waals surface area contributed by atoms with Crippen molar-refractivity contribution >= 4 is 41.4 Å². The maximum absolute atomic E-state index is 13.9. The van der Waals surface area contributed by atoms with Crippen molar-refractivity contribution < 1.29 is 48.8 Å². The van der Waals surface area contributed by atoms with E-state index in [2.05, 4.69) is 4.99 Å². The molecule has 0 atom stereocenters. The van der Waals surface area contributed by atoms with E-state index in [0.717, 1.165) is 4.90 Å². The number of carbonyl (C=O) groups is 5. The average Bonchev–Trinajstić information content (AvgIpc) is 2.98. The Balaban J connectivity index is 1.61. The molecule has 0 saturated carbocycles. The molecule has 0 fully saturated rings. The van der Waals surface area contributed by atoms with E-state index < -0.39 is 49.4 Å². The standard InChI is InChI=1S/C32H33N5O10/c33-32(34)35-22-9-10-23-21(13-22)6-3-11-46-29-24(7-2-8-25(29)47-31(23)45)30(44)37(18-28(42)43)15-20-5-1-4-19(12-20)14-36(16-26(38)39)17-27(40)41/h1-2,4-5,7-10,12-13H,3,6,11,14-18H2,(H,38,39)(H,40,41)(H,42,43)(H4,33,34,35). The van der Waals surface area contributed by atoms with Crippen molar-refractivity contribution in [3.63, 3.8) is 0 Å². The average molecular weight is 648 g/mol. The molecule has 0 aliphatic carbocycles. The lowest BCUT2D eigenvalue weighted by atomic mass is 10.0. The summed E-state index contributed by atoms with van der Waals surface area (Å²) in [4.78, 5) is 67.7. The third-order valence-corrected chi connectivity index (χ3v) is 6.92. The number of carboxylic acid groups (broad SMARTS) is 3. The number of amides is 1. The van der Waals surface area contributed by atoms with Crippen LogP contribution in [-0.2, 0) is 33.9 Å². The van der Waals surface area contributed by atoms with Gasteiger partial charge in [-0.25, -0.2) is 9.79 Å². The molecule has 1 aliphatic rings. The molecule has 0 unspecified atom stereocenters. The molecular formula is C32H33N5O10. The highest BCUT2D eigenvalue weighted by Gasteiger charge is 2.27. The van der Waals surface area contributed by atoms with E-state index in [1.165, 1.54) is 23.1 Å². The molecule has 0 bridgehead atoms. The van der Waals surface area contributed by atoms with Crippen LogP contribution in [0.15, 0.2) is 65.7 Å². The van der Waals surface area contributed by atoms with Crippen molar-refractivity contribution in [2.75, 3.05) is 26.2 Å². The van der Waals surface area contributed by atoms with Crippen molar-refractivity contribution in [2.45, 2.75) is 25.9 Å². The highest BCUT2D eigenvalue weighted by molar-refractivity contribution is 6.00. The van der Waals surface area contributed by atoms with Gasteiger partial charge in [0.25, 0.3) is 5.91 Å². The number of ether oxygens (including phenoxy) is 2. The Morgan fingerprint density at radius 3 is 2.15 bits per heavy atom. The Hall–Kier alpha value is -5.96. The summed E-state index contributed by atoms with van der Waals surface area (Å²) in [6, 6.07) is 15.8. The van der Waals surface area contributed by atoms with Gasteiger partial charge in [-0.1, -0.05) is 30.3 Å². The Morgan fingerprint density at radius 1 is 0.830 bits per heavy atom. The fourth-order valence-corrected chi connectivity index (χ4v) is 5.10. The van der Waals surface area contributed by atoms with E-state index in [9.17, 15) is 29.1 Å². The van der Waals surface area contributed by atoms with Gasteiger partial charge in [-0.05, 0) is 59.9 Å². The van der Waals surface area contributed by atoms with Gasteiger partial charge < -0.3 is 41.2 Å². The number of aryl methyl sites for hydroxylation is 1. The predicted octanol–water partition coefficient (Wildman–Crippen LogP) is 1.83. The molecule has 47 heavy (non-hydrogen) atoms. The highest BCUT2D eigenvalue weighted by atomic mass is 16.6. The maximum Gasteiger partial charge on any atom is 0.343 e. The lowest BCUT2D eigenvalue weighted by Crippen LogP contribution is -2.36. The van der Waals surface area contributed by atoms with E-state index in [0.29, 0.717) is 35.2 Å². The van der Waals surface area contributed by atoms with Gasteiger partial charge in [0.2, 0.25) is 0 Å². The van der Waals surface area contributed by atoms with Crippen molar-refractivity contribution in [1.82, 2.24) is 9.80 Å². The number of aliphatic imine (C=N–C) groups is 1. The number of rotatable bonds is 12. The maximum atomic E-state index is 13.9. The number of fused-ring (bicyclic) bond motifs is 2. The lowest BCUT2D eigenvalue weighted by Gasteiger charge is -2.24. The van der Waals surface area contributed by atoms with Crippen LogP contribution in [0.2, 0.25) is 0 Å². The zero-order valence-electron chi connectivity index (χ0n) is 25.1.